The van der Waals surface area contributed by atoms with Crippen molar-refractivity contribution in [2.75, 3.05) is 11.9 Å². The van der Waals surface area contributed by atoms with E-state index in [0.717, 1.165) is 0 Å². The number of para-hydroxylation sites is 1. The summed E-state index contributed by atoms with van der Waals surface area (Å²) in [5.41, 5.74) is 0.691. The summed E-state index contributed by atoms with van der Waals surface area (Å²) in [4.78, 5) is 23.2. The van der Waals surface area contributed by atoms with E-state index in [-0.39, 0.29) is 11.8 Å². The number of rotatable bonds is 5. The molecule has 0 saturated heterocycles. The number of hydrogen-bond donors (Lipinski definition) is 2. The highest BCUT2D eigenvalue weighted by Gasteiger charge is 2.16. The van der Waals surface area contributed by atoms with Gasteiger partial charge in [-0.05, 0) is 25.0 Å². The van der Waals surface area contributed by atoms with Gasteiger partial charge < -0.3 is 15.4 Å². The molecular weight excluding hydrogens is 244 g/mol. The third-order valence-corrected chi connectivity index (χ3v) is 2.32. The summed E-state index contributed by atoms with van der Waals surface area (Å²) < 4.78 is 4.94. The summed E-state index contributed by atoms with van der Waals surface area (Å²) in [7, 11) is 0. The number of amides is 2. The van der Waals surface area contributed by atoms with Crippen molar-refractivity contribution in [1.29, 1.82) is 0 Å². The normalized spacial score (nSPS) is 11.8. The van der Waals surface area contributed by atoms with Gasteiger partial charge in [-0.1, -0.05) is 32.0 Å². The van der Waals surface area contributed by atoms with Crippen LogP contribution in [0, 0.1) is 5.92 Å². The average molecular weight is 264 g/mol. The van der Waals surface area contributed by atoms with Crippen LogP contribution in [0.4, 0.5) is 10.5 Å². The topological polar surface area (TPSA) is 67.4 Å². The molecule has 0 aliphatic carbocycles. The number of benzene rings is 1. The highest BCUT2D eigenvalue weighted by molar-refractivity contribution is 5.96. The van der Waals surface area contributed by atoms with Crippen LogP contribution in [-0.2, 0) is 9.53 Å². The van der Waals surface area contributed by atoms with Gasteiger partial charge in [-0.3, -0.25) is 4.79 Å². The molecule has 0 unspecified atom stereocenters. The molecule has 0 aliphatic heterocycles. The fourth-order valence-corrected chi connectivity index (χ4v) is 1.30. The van der Waals surface area contributed by atoms with Gasteiger partial charge >= 0.3 is 6.09 Å². The molecule has 1 rings (SSSR count). The summed E-state index contributed by atoms with van der Waals surface area (Å²) in [6.07, 6.45) is -0.579. The first-order valence-electron chi connectivity index (χ1n) is 6.28. The van der Waals surface area contributed by atoms with E-state index in [1.165, 1.54) is 0 Å². The second-order valence-corrected chi connectivity index (χ2v) is 4.71. The van der Waals surface area contributed by atoms with E-state index in [9.17, 15) is 9.59 Å². The Bertz CT molecular complexity index is 418. The molecule has 5 heteroatoms. The second-order valence-electron chi connectivity index (χ2n) is 4.71. The van der Waals surface area contributed by atoms with Crippen molar-refractivity contribution in [3.8, 4) is 0 Å². The van der Waals surface area contributed by atoms with E-state index in [1.54, 1.807) is 19.1 Å². The van der Waals surface area contributed by atoms with Crippen LogP contribution in [-0.4, -0.2) is 24.6 Å². The standard InChI is InChI=1S/C14H20N2O3/c1-10(2)9-19-14(18)15-11(3)13(17)16-12-7-5-4-6-8-12/h4-8,10-11H,9H2,1-3H3,(H,15,18)(H,16,17)/t11-/m1/s1. The Labute approximate surface area is 113 Å². The minimum absolute atomic E-state index is 0.263. The van der Waals surface area contributed by atoms with Crippen LogP contribution >= 0.6 is 0 Å². The van der Waals surface area contributed by atoms with Gasteiger partial charge in [0.15, 0.2) is 0 Å². The number of hydrogen-bond acceptors (Lipinski definition) is 3. The number of alkyl carbamates (subject to hydrolysis) is 1. The van der Waals surface area contributed by atoms with Crippen molar-refractivity contribution < 1.29 is 14.3 Å². The molecule has 0 aromatic heterocycles. The molecule has 2 amide bonds. The molecule has 1 aromatic carbocycles. The summed E-state index contributed by atoms with van der Waals surface area (Å²) in [5.74, 6) is -0.0214. The Morgan fingerprint density at radius 1 is 1.16 bits per heavy atom. The largest absolute Gasteiger partial charge is 0.449 e. The van der Waals surface area contributed by atoms with Crippen LogP contribution in [0.2, 0.25) is 0 Å². The fraction of sp³-hybridized carbons (Fsp3) is 0.429. The maximum Gasteiger partial charge on any atom is 0.407 e. The van der Waals surface area contributed by atoms with E-state index >= 15 is 0 Å². The average Bonchev–Trinajstić information content (AvgIpc) is 2.37. The van der Waals surface area contributed by atoms with Crippen molar-refractivity contribution >= 4 is 17.7 Å². The van der Waals surface area contributed by atoms with Crippen LogP contribution < -0.4 is 10.6 Å². The Hall–Kier alpha value is -2.04. The van der Waals surface area contributed by atoms with Gasteiger partial charge in [0, 0.05) is 5.69 Å². The predicted molar refractivity (Wildman–Crippen MR) is 73.9 cm³/mol. The number of anilines is 1. The monoisotopic (exact) mass is 264 g/mol. The molecule has 19 heavy (non-hydrogen) atoms. The van der Waals surface area contributed by atoms with Crippen molar-refractivity contribution in [2.24, 2.45) is 5.92 Å². The van der Waals surface area contributed by atoms with Gasteiger partial charge in [-0.15, -0.1) is 0 Å². The number of ether oxygens (including phenoxy) is 1. The minimum Gasteiger partial charge on any atom is -0.449 e. The second kappa shape index (κ2) is 7.41. The van der Waals surface area contributed by atoms with Crippen LogP contribution in [0.15, 0.2) is 30.3 Å². The van der Waals surface area contributed by atoms with E-state index in [0.29, 0.717) is 12.3 Å². The highest BCUT2D eigenvalue weighted by atomic mass is 16.5. The van der Waals surface area contributed by atoms with Crippen molar-refractivity contribution in [3.63, 3.8) is 0 Å². The molecule has 0 spiro atoms. The molecule has 1 aromatic rings. The van der Waals surface area contributed by atoms with Gasteiger partial charge in [0.05, 0.1) is 6.61 Å². The first-order chi connectivity index (χ1) is 8.99. The van der Waals surface area contributed by atoms with Crippen LogP contribution in [0.25, 0.3) is 0 Å². The van der Waals surface area contributed by atoms with Crippen LogP contribution in [0.5, 0.6) is 0 Å². The summed E-state index contributed by atoms with van der Waals surface area (Å²) >= 11 is 0. The van der Waals surface area contributed by atoms with Crippen molar-refractivity contribution in [1.82, 2.24) is 5.32 Å². The molecule has 2 N–H and O–H groups in total. The zero-order valence-electron chi connectivity index (χ0n) is 11.5. The van der Waals surface area contributed by atoms with Gasteiger partial charge in [0.2, 0.25) is 5.91 Å². The fourth-order valence-electron chi connectivity index (χ4n) is 1.30. The maximum atomic E-state index is 11.8. The lowest BCUT2D eigenvalue weighted by molar-refractivity contribution is -0.117. The maximum absolute atomic E-state index is 11.8. The van der Waals surface area contributed by atoms with E-state index < -0.39 is 12.1 Å². The Morgan fingerprint density at radius 2 is 1.79 bits per heavy atom. The van der Waals surface area contributed by atoms with E-state index in [2.05, 4.69) is 10.6 Å². The predicted octanol–water partition coefficient (Wildman–Crippen LogP) is 2.40. The molecule has 1 atom stereocenters. The molecule has 104 valence electrons. The lowest BCUT2D eigenvalue weighted by Crippen LogP contribution is -2.42. The van der Waals surface area contributed by atoms with E-state index in [4.69, 9.17) is 4.74 Å². The van der Waals surface area contributed by atoms with Crippen LogP contribution in [0.1, 0.15) is 20.8 Å². The molecule has 0 bridgehead atoms. The van der Waals surface area contributed by atoms with Gasteiger partial charge in [-0.25, -0.2) is 4.79 Å². The number of carbonyl (C=O) groups excluding carboxylic acids is 2. The first kappa shape index (κ1) is 15.0. The smallest absolute Gasteiger partial charge is 0.407 e. The Balaban J connectivity index is 2.38. The molecule has 0 aliphatic rings. The molecule has 0 saturated carbocycles. The number of carbonyl (C=O) groups is 2. The summed E-state index contributed by atoms with van der Waals surface area (Å²) in [6, 6.07) is 8.42. The molecule has 0 radical (unpaired) electrons. The SMILES string of the molecule is CC(C)COC(=O)N[C@H](C)C(=O)Nc1ccccc1. The van der Waals surface area contributed by atoms with Gasteiger partial charge in [-0.2, -0.15) is 0 Å². The van der Waals surface area contributed by atoms with Crippen LogP contribution in [0.3, 0.4) is 0 Å². The molecular formula is C14H20N2O3. The van der Waals surface area contributed by atoms with Crippen molar-refractivity contribution in [2.45, 2.75) is 26.8 Å². The van der Waals surface area contributed by atoms with E-state index in [1.807, 2.05) is 32.0 Å². The highest BCUT2D eigenvalue weighted by Crippen LogP contribution is 2.05. The quantitative estimate of drug-likeness (QED) is 0.858. The third-order valence-electron chi connectivity index (χ3n) is 2.32. The summed E-state index contributed by atoms with van der Waals surface area (Å²) in [5, 5.41) is 5.18. The minimum atomic E-state index is -0.653. The molecule has 0 heterocycles. The van der Waals surface area contributed by atoms with Gasteiger partial charge in [0.25, 0.3) is 0 Å². The summed E-state index contributed by atoms with van der Waals surface area (Å²) in [6.45, 7) is 5.82. The zero-order valence-corrected chi connectivity index (χ0v) is 11.5. The van der Waals surface area contributed by atoms with Crippen molar-refractivity contribution in [3.05, 3.63) is 30.3 Å². The molecule has 0 fully saturated rings. The zero-order chi connectivity index (χ0) is 14.3. The lowest BCUT2D eigenvalue weighted by atomic mass is 10.2. The lowest BCUT2D eigenvalue weighted by Gasteiger charge is -2.14. The Kier molecular flexibility index (Phi) is 5.85. The number of nitrogens with one attached hydrogen (secondary N) is 2. The van der Waals surface area contributed by atoms with Gasteiger partial charge in [0.1, 0.15) is 6.04 Å². The third kappa shape index (κ3) is 5.90. The Morgan fingerprint density at radius 3 is 2.37 bits per heavy atom. The molecule has 5 nitrogen and oxygen atoms in total. The first-order valence-corrected chi connectivity index (χ1v) is 6.28.